The molecule has 0 bridgehead atoms. The third-order valence-electron chi connectivity index (χ3n) is 1.91. The molecule has 0 radical (unpaired) electrons. The van der Waals surface area contributed by atoms with Gasteiger partial charge in [0.15, 0.2) is 0 Å². The first-order chi connectivity index (χ1) is 7.58. The van der Waals surface area contributed by atoms with Gasteiger partial charge in [0.25, 0.3) is 0 Å². The summed E-state index contributed by atoms with van der Waals surface area (Å²) in [4.78, 5) is 19.4. The van der Waals surface area contributed by atoms with Crippen molar-refractivity contribution < 1.29 is 4.79 Å². The van der Waals surface area contributed by atoms with Gasteiger partial charge in [0.1, 0.15) is 12.1 Å². The number of carbonyl (C=O) groups excluding carboxylic acids is 1. The van der Waals surface area contributed by atoms with Crippen LogP contribution in [-0.4, -0.2) is 28.5 Å². The first kappa shape index (κ1) is 12.4. The van der Waals surface area contributed by atoms with Crippen molar-refractivity contribution in [1.29, 1.82) is 0 Å². The standard InChI is InChI=1S/C11H18N4O/c1-8(2)15-11(16)4-5-12-10-6-9(3)13-7-14-10/h6-8H,4-5H2,1-3H3,(H,15,16)(H,12,13,14). The molecule has 1 aromatic rings. The van der Waals surface area contributed by atoms with Gasteiger partial charge in [0.2, 0.25) is 5.91 Å². The number of nitrogens with zero attached hydrogens (tertiary/aromatic N) is 2. The molecule has 1 rings (SSSR count). The Kier molecular flexibility index (Phi) is 4.69. The zero-order valence-electron chi connectivity index (χ0n) is 9.95. The van der Waals surface area contributed by atoms with Crippen molar-refractivity contribution >= 4 is 11.7 Å². The molecule has 1 aromatic heterocycles. The summed E-state index contributed by atoms with van der Waals surface area (Å²) < 4.78 is 0. The van der Waals surface area contributed by atoms with Gasteiger partial charge in [-0.25, -0.2) is 9.97 Å². The SMILES string of the molecule is Cc1cc(NCCC(=O)NC(C)C)ncn1. The summed E-state index contributed by atoms with van der Waals surface area (Å²) in [6.45, 7) is 6.37. The van der Waals surface area contributed by atoms with Crippen molar-refractivity contribution in [2.24, 2.45) is 0 Å². The Morgan fingerprint density at radius 1 is 1.44 bits per heavy atom. The first-order valence-corrected chi connectivity index (χ1v) is 5.40. The molecule has 88 valence electrons. The molecule has 0 saturated carbocycles. The zero-order valence-corrected chi connectivity index (χ0v) is 9.95. The number of rotatable bonds is 5. The minimum absolute atomic E-state index is 0.0493. The number of anilines is 1. The second kappa shape index (κ2) is 6.05. The van der Waals surface area contributed by atoms with E-state index in [1.807, 2.05) is 26.8 Å². The van der Waals surface area contributed by atoms with E-state index < -0.39 is 0 Å². The van der Waals surface area contributed by atoms with E-state index in [2.05, 4.69) is 20.6 Å². The van der Waals surface area contributed by atoms with Crippen molar-refractivity contribution in [2.75, 3.05) is 11.9 Å². The largest absolute Gasteiger partial charge is 0.369 e. The van der Waals surface area contributed by atoms with E-state index in [0.717, 1.165) is 11.5 Å². The van der Waals surface area contributed by atoms with Crippen LogP contribution in [-0.2, 0) is 4.79 Å². The van der Waals surface area contributed by atoms with Gasteiger partial charge in [-0.15, -0.1) is 0 Å². The second-order valence-corrected chi connectivity index (χ2v) is 3.94. The highest BCUT2D eigenvalue weighted by Crippen LogP contribution is 2.02. The summed E-state index contributed by atoms with van der Waals surface area (Å²) in [7, 11) is 0. The maximum atomic E-state index is 11.3. The van der Waals surface area contributed by atoms with E-state index in [4.69, 9.17) is 0 Å². The lowest BCUT2D eigenvalue weighted by Crippen LogP contribution is -2.31. The summed E-state index contributed by atoms with van der Waals surface area (Å²) in [5.41, 5.74) is 0.907. The molecule has 0 aliphatic heterocycles. The van der Waals surface area contributed by atoms with Crippen molar-refractivity contribution in [3.05, 3.63) is 18.1 Å². The Balaban J connectivity index is 2.28. The monoisotopic (exact) mass is 222 g/mol. The molecule has 1 heterocycles. The molecule has 0 unspecified atom stereocenters. The van der Waals surface area contributed by atoms with Crippen molar-refractivity contribution in [1.82, 2.24) is 15.3 Å². The van der Waals surface area contributed by atoms with E-state index >= 15 is 0 Å². The summed E-state index contributed by atoms with van der Waals surface area (Å²) in [6.07, 6.45) is 1.95. The van der Waals surface area contributed by atoms with Crippen LogP contribution in [0.15, 0.2) is 12.4 Å². The predicted molar refractivity (Wildman–Crippen MR) is 63.2 cm³/mol. The van der Waals surface area contributed by atoms with Gasteiger partial charge < -0.3 is 10.6 Å². The highest BCUT2D eigenvalue weighted by atomic mass is 16.1. The first-order valence-electron chi connectivity index (χ1n) is 5.40. The van der Waals surface area contributed by atoms with Gasteiger partial charge >= 0.3 is 0 Å². The molecular weight excluding hydrogens is 204 g/mol. The molecule has 0 spiro atoms. The number of amides is 1. The number of hydrogen-bond acceptors (Lipinski definition) is 4. The highest BCUT2D eigenvalue weighted by molar-refractivity contribution is 5.76. The molecule has 2 N–H and O–H groups in total. The van der Waals surface area contributed by atoms with Crippen LogP contribution in [0.2, 0.25) is 0 Å². The highest BCUT2D eigenvalue weighted by Gasteiger charge is 2.02. The van der Waals surface area contributed by atoms with Crippen LogP contribution in [0.1, 0.15) is 26.0 Å². The van der Waals surface area contributed by atoms with Gasteiger partial charge in [0, 0.05) is 30.8 Å². The van der Waals surface area contributed by atoms with Crippen molar-refractivity contribution in [2.45, 2.75) is 33.2 Å². The average molecular weight is 222 g/mol. The van der Waals surface area contributed by atoms with Crippen LogP contribution in [0.4, 0.5) is 5.82 Å². The van der Waals surface area contributed by atoms with Gasteiger partial charge in [-0.05, 0) is 20.8 Å². The molecule has 1 amide bonds. The Bertz CT molecular complexity index is 352. The lowest BCUT2D eigenvalue weighted by atomic mass is 10.3. The van der Waals surface area contributed by atoms with E-state index in [1.165, 1.54) is 6.33 Å². The van der Waals surface area contributed by atoms with E-state index in [9.17, 15) is 4.79 Å². The zero-order chi connectivity index (χ0) is 12.0. The van der Waals surface area contributed by atoms with Crippen LogP contribution in [0, 0.1) is 6.92 Å². The molecule has 0 saturated heterocycles. The average Bonchev–Trinajstić information content (AvgIpc) is 2.16. The predicted octanol–water partition coefficient (Wildman–Crippen LogP) is 1.11. The molecular formula is C11H18N4O. The van der Waals surface area contributed by atoms with Gasteiger partial charge in [-0.3, -0.25) is 4.79 Å². The van der Waals surface area contributed by atoms with Gasteiger partial charge in [0.05, 0.1) is 0 Å². The van der Waals surface area contributed by atoms with Crippen LogP contribution >= 0.6 is 0 Å². The van der Waals surface area contributed by atoms with Gasteiger partial charge in [-0.2, -0.15) is 0 Å². The summed E-state index contributed by atoms with van der Waals surface area (Å²) >= 11 is 0. The fraction of sp³-hybridized carbons (Fsp3) is 0.545. The topological polar surface area (TPSA) is 66.9 Å². The lowest BCUT2D eigenvalue weighted by molar-refractivity contribution is -0.121. The normalized spacial score (nSPS) is 10.2. The Hall–Kier alpha value is -1.65. The van der Waals surface area contributed by atoms with Crippen LogP contribution < -0.4 is 10.6 Å². The fourth-order valence-electron chi connectivity index (χ4n) is 1.25. The van der Waals surface area contributed by atoms with E-state index in [0.29, 0.717) is 13.0 Å². The quantitative estimate of drug-likeness (QED) is 0.783. The Morgan fingerprint density at radius 2 is 2.19 bits per heavy atom. The van der Waals surface area contributed by atoms with E-state index in [1.54, 1.807) is 0 Å². The number of aromatic nitrogens is 2. The number of hydrogen-bond donors (Lipinski definition) is 2. The molecule has 5 nitrogen and oxygen atoms in total. The Labute approximate surface area is 95.7 Å². The maximum Gasteiger partial charge on any atom is 0.221 e. The number of aryl methyl sites for hydroxylation is 1. The van der Waals surface area contributed by atoms with Crippen LogP contribution in [0.5, 0.6) is 0 Å². The van der Waals surface area contributed by atoms with Crippen molar-refractivity contribution in [3.63, 3.8) is 0 Å². The third kappa shape index (κ3) is 4.72. The minimum atomic E-state index is 0.0493. The summed E-state index contributed by atoms with van der Waals surface area (Å²) in [5, 5.41) is 5.91. The fourth-order valence-corrected chi connectivity index (χ4v) is 1.25. The van der Waals surface area contributed by atoms with Crippen molar-refractivity contribution in [3.8, 4) is 0 Å². The molecule has 0 fully saturated rings. The molecule has 0 aliphatic carbocycles. The Morgan fingerprint density at radius 3 is 2.81 bits per heavy atom. The molecule has 0 aliphatic rings. The molecule has 0 atom stereocenters. The molecule has 5 heteroatoms. The number of carbonyl (C=O) groups is 1. The molecule has 16 heavy (non-hydrogen) atoms. The maximum absolute atomic E-state index is 11.3. The minimum Gasteiger partial charge on any atom is -0.369 e. The van der Waals surface area contributed by atoms with E-state index in [-0.39, 0.29) is 11.9 Å². The smallest absolute Gasteiger partial charge is 0.221 e. The lowest BCUT2D eigenvalue weighted by Gasteiger charge is -2.09. The molecule has 0 aromatic carbocycles. The van der Waals surface area contributed by atoms with Gasteiger partial charge in [-0.1, -0.05) is 0 Å². The van der Waals surface area contributed by atoms with Crippen LogP contribution in [0.25, 0.3) is 0 Å². The second-order valence-electron chi connectivity index (χ2n) is 3.94. The summed E-state index contributed by atoms with van der Waals surface area (Å²) in [6, 6.07) is 2.04. The summed E-state index contributed by atoms with van der Waals surface area (Å²) in [5.74, 6) is 0.804. The number of nitrogens with one attached hydrogen (secondary N) is 2. The van der Waals surface area contributed by atoms with Crippen LogP contribution in [0.3, 0.4) is 0 Å². The third-order valence-corrected chi connectivity index (χ3v) is 1.91.